The molecule has 2 aromatic rings. The SMILES string of the molecule is Cc1ccc(OCC(=O)ON2C(=O)c3ccccc3C2=O)cc1C. The van der Waals surface area contributed by atoms with Crippen LogP contribution in [0.1, 0.15) is 31.8 Å². The highest BCUT2D eigenvalue weighted by Gasteiger charge is 2.38. The van der Waals surface area contributed by atoms with E-state index in [0.717, 1.165) is 11.1 Å². The minimum atomic E-state index is -0.831. The highest BCUT2D eigenvalue weighted by molar-refractivity contribution is 6.20. The number of carbonyl (C=O) groups excluding carboxylic acids is 3. The Morgan fingerprint density at radius 3 is 2.17 bits per heavy atom. The molecule has 0 aliphatic carbocycles. The molecule has 0 aromatic heterocycles. The average Bonchev–Trinajstić information content (AvgIpc) is 2.81. The van der Waals surface area contributed by atoms with Crippen molar-refractivity contribution in [1.82, 2.24) is 5.06 Å². The van der Waals surface area contributed by atoms with Crippen molar-refractivity contribution in [1.29, 1.82) is 0 Å². The van der Waals surface area contributed by atoms with E-state index in [0.29, 0.717) is 10.8 Å². The fourth-order valence-corrected chi connectivity index (χ4v) is 2.32. The van der Waals surface area contributed by atoms with Crippen LogP contribution in [-0.4, -0.2) is 29.5 Å². The van der Waals surface area contributed by atoms with E-state index < -0.39 is 24.4 Å². The molecule has 0 saturated heterocycles. The number of benzene rings is 2. The number of carbonyl (C=O) groups is 3. The molecule has 1 aliphatic rings. The van der Waals surface area contributed by atoms with Crippen LogP contribution in [0, 0.1) is 13.8 Å². The molecule has 0 N–H and O–H groups in total. The van der Waals surface area contributed by atoms with Crippen LogP contribution in [0.4, 0.5) is 0 Å². The number of imide groups is 1. The van der Waals surface area contributed by atoms with E-state index in [2.05, 4.69) is 0 Å². The molecule has 0 fully saturated rings. The quantitative estimate of drug-likeness (QED) is 0.807. The lowest BCUT2D eigenvalue weighted by Crippen LogP contribution is -2.34. The van der Waals surface area contributed by atoms with Gasteiger partial charge in [0.2, 0.25) is 0 Å². The van der Waals surface area contributed by atoms with E-state index in [1.165, 1.54) is 12.1 Å². The molecule has 0 radical (unpaired) electrons. The van der Waals surface area contributed by atoms with Gasteiger partial charge in [0.25, 0.3) is 11.8 Å². The predicted octanol–water partition coefficient (Wildman–Crippen LogP) is 2.44. The maximum Gasteiger partial charge on any atom is 0.370 e. The first-order valence-corrected chi connectivity index (χ1v) is 7.36. The lowest BCUT2D eigenvalue weighted by molar-refractivity contribution is -0.170. The standard InChI is InChI=1S/C18H15NO5/c1-11-7-8-13(9-12(11)2)23-10-16(20)24-19-17(21)14-5-3-4-6-15(14)18(19)22/h3-9H,10H2,1-2H3. The monoisotopic (exact) mass is 325 g/mol. The van der Waals surface area contributed by atoms with Crippen LogP contribution in [-0.2, 0) is 9.63 Å². The third kappa shape index (κ3) is 2.86. The van der Waals surface area contributed by atoms with E-state index >= 15 is 0 Å². The van der Waals surface area contributed by atoms with Gasteiger partial charge in [0.15, 0.2) is 6.61 Å². The first-order chi connectivity index (χ1) is 11.5. The Labute approximate surface area is 138 Å². The minimum Gasteiger partial charge on any atom is -0.482 e. The number of ether oxygens (including phenoxy) is 1. The molecule has 1 aliphatic heterocycles. The minimum absolute atomic E-state index is 0.213. The van der Waals surface area contributed by atoms with Crippen LogP contribution < -0.4 is 4.74 Å². The van der Waals surface area contributed by atoms with Crippen molar-refractivity contribution < 1.29 is 24.0 Å². The van der Waals surface area contributed by atoms with Gasteiger partial charge in [-0.25, -0.2) is 4.79 Å². The number of hydroxylamine groups is 2. The molecule has 2 aromatic carbocycles. The molecule has 122 valence electrons. The maximum atomic E-state index is 12.1. The third-order valence-corrected chi connectivity index (χ3v) is 3.78. The number of rotatable bonds is 4. The van der Waals surface area contributed by atoms with E-state index in [-0.39, 0.29) is 11.1 Å². The summed E-state index contributed by atoms with van der Waals surface area (Å²) in [5.74, 6) is -1.63. The zero-order valence-corrected chi connectivity index (χ0v) is 13.2. The molecule has 2 amide bonds. The molecule has 0 unspecified atom stereocenters. The van der Waals surface area contributed by atoms with Crippen molar-refractivity contribution in [2.45, 2.75) is 13.8 Å². The van der Waals surface area contributed by atoms with E-state index in [1.807, 2.05) is 19.9 Å². The van der Waals surface area contributed by atoms with Gasteiger partial charge in [-0.3, -0.25) is 9.59 Å². The molecule has 6 heteroatoms. The Bertz CT molecular complexity index is 808. The zero-order chi connectivity index (χ0) is 17.3. The lowest BCUT2D eigenvalue weighted by Gasteiger charge is -2.13. The molecule has 3 rings (SSSR count). The number of amides is 2. The van der Waals surface area contributed by atoms with Gasteiger partial charge in [-0.2, -0.15) is 0 Å². The van der Waals surface area contributed by atoms with Crippen molar-refractivity contribution in [3.8, 4) is 5.75 Å². The smallest absolute Gasteiger partial charge is 0.370 e. The van der Waals surface area contributed by atoms with Crippen molar-refractivity contribution in [3.05, 3.63) is 64.7 Å². The summed E-state index contributed by atoms with van der Waals surface area (Å²) in [6.45, 7) is 3.49. The molecular weight excluding hydrogens is 310 g/mol. The first kappa shape index (κ1) is 15.7. The Morgan fingerprint density at radius 1 is 0.958 bits per heavy atom. The highest BCUT2D eigenvalue weighted by atomic mass is 16.7. The Hall–Kier alpha value is -3.15. The highest BCUT2D eigenvalue weighted by Crippen LogP contribution is 2.23. The number of fused-ring (bicyclic) bond motifs is 1. The number of nitrogens with zero attached hydrogens (tertiary/aromatic N) is 1. The van der Waals surface area contributed by atoms with Gasteiger partial charge < -0.3 is 9.57 Å². The second-order valence-electron chi connectivity index (χ2n) is 5.45. The normalized spacial score (nSPS) is 13.0. The van der Waals surface area contributed by atoms with Gasteiger partial charge in [-0.1, -0.05) is 23.3 Å². The predicted molar refractivity (Wildman–Crippen MR) is 84.4 cm³/mol. The van der Waals surface area contributed by atoms with Gasteiger partial charge in [-0.05, 0) is 49.2 Å². The summed E-state index contributed by atoms with van der Waals surface area (Å²) in [5, 5.41) is 0.469. The fraction of sp³-hybridized carbons (Fsp3) is 0.167. The van der Waals surface area contributed by atoms with Crippen LogP contribution in [0.15, 0.2) is 42.5 Å². The molecule has 0 spiro atoms. The van der Waals surface area contributed by atoms with Gasteiger partial charge in [-0.15, -0.1) is 0 Å². The summed E-state index contributed by atoms with van der Waals surface area (Å²) >= 11 is 0. The molecule has 24 heavy (non-hydrogen) atoms. The summed E-state index contributed by atoms with van der Waals surface area (Å²) in [7, 11) is 0. The summed E-state index contributed by atoms with van der Waals surface area (Å²) in [5.41, 5.74) is 2.56. The summed E-state index contributed by atoms with van der Waals surface area (Å²) in [6, 6.07) is 11.7. The van der Waals surface area contributed by atoms with Crippen LogP contribution in [0.2, 0.25) is 0 Å². The fourth-order valence-electron chi connectivity index (χ4n) is 2.32. The van der Waals surface area contributed by atoms with Gasteiger partial charge >= 0.3 is 5.97 Å². The Balaban J connectivity index is 1.63. The maximum absolute atomic E-state index is 12.1. The molecule has 0 saturated carbocycles. The Kier molecular flexibility index (Phi) is 4.04. The van der Waals surface area contributed by atoms with Crippen LogP contribution in [0.5, 0.6) is 5.75 Å². The molecule has 1 heterocycles. The molecule has 0 atom stereocenters. The summed E-state index contributed by atoms with van der Waals surface area (Å²) in [4.78, 5) is 40.9. The van der Waals surface area contributed by atoms with Crippen LogP contribution in [0.3, 0.4) is 0 Å². The number of aryl methyl sites for hydroxylation is 2. The molecule has 0 bridgehead atoms. The summed E-state index contributed by atoms with van der Waals surface area (Å²) < 4.78 is 5.34. The lowest BCUT2D eigenvalue weighted by atomic mass is 10.1. The number of hydrogen-bond acceptors (Lipinski definition) is 5. The first-order valence-electron chi connectivity index (χ1n) is 7.36. The van der Waals surface area contributed by atoms with E-state index in [9.17, 15) is 14.4 Å². The number of hydrogen-bond donors (Lipinski definition) is 0. The third-order valence-electron chi connectivity index (χ3n) is 3.78. The van der Waals surface area contributed by atoms with E-state index in [4.69, 9.17) is 9.57 Å². The second kappa shape index (κ2) is 6.16. The zero-order valence-electron chi connectivity index (χ0n) is 13.2. The van der Waals surface area contributed by atoms with E-state index in [1.54, 1.807) is 24.3 Å². The second-order valence-corrected chi connectivity index (χ2v) is 5.45. The topological polar surface area (TPSA) is 72.9 Å². The summed E-state index contributed by atoms with van der Waals surface area (Å²) in [6.07, 6.45) is 0. The molecule has 6 nitrogen and oxygen atoms in total. The van der Waals surface area contributed by atoms with Crippen LogP contribution in [0.25, 0.3) is 0 Å². The molecular formula is C18H15NO5. The van der Waals surface area contributed by atoms with Crippen LogP contribution >= 0.6 is 0 Å². The van der Waals surface area contributed by atoms with Crippen molar-refractivity contribution >= 4 is 17.8 Å². The van der Waals surface area contributed by atoms with Gasteiger partial charge in [0.1, 0.15) is 5.75 Å². The van der Waals surface area contributed by atoms with Gasteiger partial charge in [0, 0.05) is 0 Å². The average molecular weight is 325 g/mol. The largest absolute Gasteiger partial charge is 0.482 e. The van der Waals surface area contributed by atoms with Crippen molar-refractivity contribution in [2.75, 3.05) is 6.61 Å². The Morgan fingerprint density at radius 2 is 1.58 bits per heavy atom. The van der Waals surface area contributed by atoms with Crippen molar-refractivity contribution in [3.63, 3.8) is 0 Å². The van der Waals surface area contributed by atoms with Crippen molar-refractivity contribution in [2.24, 2.45) is 0 Å². The van der Waals surface area contributed by atoms with Gasteiger partial charge in [0.05, 0.1) is 11.1 Å².